The molecule has 0 radical (unpaired) electrons. The Kier molecular flexibility index (Phi) is 5.52. The molecular formula is C14H19NO3. The lowest BCUT2D eigenvalue weighted by molar-refractivity contribution is -0.133. The molecule has 98 valence electrons. The fourth-order valence-electron chi connectivity index (χ4n) is 1.49. The summed E-state index contributed by atoms with van der Waals surface area (Å²) in [5.41, 5.74) is 0.773. The predicted molar refractivity (Wildman–Crippen MR) is 69.0 cm³/mol. The molecule has 18 heavy (non-hydrogen) atoms. The Labute approximate surface area is 107 Å². The maximum Gasteiger partial charge on any atom is 0.254 e. The number of carbonyl (C=O) groups excluding carboxylic acids is 2. The first-order valence-corrected chi connectivity index (χ1v) is 5.94. The second-order valence-corrected chi connectivity index (χ2v) is 4.37. The van der Waals surface area contributed by atoms with Crippen LogP contribution in [0.2, 0.25) is 0 Å². The number of Topliss-reactive ketones (excluding diaryl/α,β-unsaturated/α-hetero) is 1. The van der Waals surface area contributed by atoms with Crippen LogP contribution < -0.4 is 5.32 Å². The summed E-state index contributed by atoms with van der Waals surface area (Å²) in [4.78, 5) is 23.4. The first-order chi connectivity index (χ1) is 8.56. The van der Waals surface area contributed by atoms with E-state index >= 15 is 0 Å². The Balaban J connectivity index is 2.61. The minimum absolute atomic E-state index is 0.00580. The number of ether oxygens (including phenoxy) is 1. The fraction of sp³-hybridized carbons (Fsp3) is 0.429. The third-order valence-electron chi connectivity index (χ3n) is 2.66. The zero-order valence-electron chi connectivity index (χ0n) is 11.0. The van der Waals surface area contributed by atoms with Crippen LogP contribution in [0.4, 0.5) is 0 Å². The SMILES string of the molecule is COC(C(=O)NCC(=O)C(C)C)c1ccccc1. The standard InChI is InChI=1S/C14H19NO3/c1-10(2)12(16)9-15-14(17)13(18-3)11-7-5-4-6-8-11/h4-8,10,13H,9H2,1-3H3,(H,15,17). The van der Waals surface area contributed by atoms with Gasteiger partial charge in [-0.1, -0.05) is 44.2 Å². The van der Waals surface area contributed by atoms with Crippen LogP contribution in [0.15, 0.2) is 30.3 Å². The smallest absolute Gasteiger partial charge is 0.254 e. The van der Waals surface area contributed by atoms with Crippen molar-refractivity contribution in [2.75, 3.05) is 13.7 Å². The fourth-order valence-corrected chi connectivity index (χ4v) is 1.49. The van der Waals surface area contributed by atoms with E-state index in [9.17, 15) is 9.59 Å². The van der Waals surface area contributed by atoms with Crippen molar-refractivity contribution >= 4 is 11.7 Å². The maximum atomic E-state index is 11.9. The summed E-state index contributed by atoms with van der Waals surface area (Å²) in [6.45, 7) is 3.65. The summed E-state index contributed by atoms with van der Waals surface area (Å²) in [5.74, 6) is -0.369. The summed E-state index contributed by atoms with van der Waals surface area (Å²) >= 11 is 0. The largest absolute Gasteiger partial charge is 0.367 e. The quantitative estimate of drug-likeness (QED) is 0.835. The minimum Gasteiger partial charge on any atom is -0.367 e. The average molecular weight is 249 g/mol. The van der Waals surface area contributed by atoms with Crippen molar-refractivity contribution in [1.82, 2.24) is 5.32 Å². The van der Waals surface area contributed by atoms with Gasteiger partial charge >= 0.3 is 0 Å². The van der Waals surface area contributed by atoms with Crippen LogP contribution >= 0.6 is 0 Å². The van der Waals surface area contributed by atoms with Gasteiger partial charge < -0.3 is 10.1 Å². The van der Waals surface area contributed by atoms with Crippen molar-refractivity contribution in [2.24, 2.45) is 5.92 Å². The molecule has 0 saturated heterocycles. The zero-order valence-corrected chi connectivity index (χ0v) is 11.0. The molecule has 0 spiro atoms. The number of carbonyl (C=O) groups is 2. The molecule has 0 aliphatic carbocycles. The molecule has 0 aliphatic heterocycles. The molecule has 1 unspecified atom stereocenters. The molecule has 1 amide bonds. The number of ketones is 1. The zero-order chi connectivity index (χ0) is 13.5. The molecule has 1 rings (SSSR count). The van der Waals surface area contributed by atoms with Crippen molar-refractivity contribution in [3.8, 4) is 0 Å². The third-order valence-corrected chi connectivity index (χ3v) is 2.66. The van der Waals surface area contributed by atoms with Gasteiger partial charge in [-0.15, -0.1) is 0 Å². The second-order valence-electron chi connectivity index (χ2n) is 4.37. The molecule has 0 heterocycles. The highest BCUT2D eigenvalue weighted by Crippen LogP contribution is 2.15. The van der Waals surface area contributed by atoms with Crippen molar-refractivity contribution in [2.45, 2.75) is 20.0 Å². The Hall–Kier alpha value is -1.68. The van der Waals surface area contributed by atoms with Crippen LogP contribution in [0.3, 0.4) is 0 Å². The highest BCUT2D eigenvalue weighted by atomic mass is 16.5. The van der Waals surface area contributed by atoms with Gasteiger partial charge in [0.1, 0.15) is 0 Å². The molecular weight excluding hydrogens is 230 g/mol. The molecule has 0 fully saturated rings. The molecule has 4 heteroatoms. The summed E-state index contributed by atoms with van der Waals surface area (Å²) < 4.78 is 5.17. The summed E-state index contributed by atoms with van der Waals surface area (Å²) in [6, 6.07) is 9.19. The van der Waals surface area contributed by atoms with Gasteiger partial charge in [-0.05, 0) is 5.56 Å². The lowest BCUT2D eigenvalue weighted by Gasteiger charge is -2.15. The normalized spacial score (nSPS) is 12.2. The molecule has 1 aromatic carbocycles. The Morgan fingerprint density at radius 1 is 1.22 bits per heavy atom. The molecule has 1 atom stereocenters. The van der Waals surface area contributed by atoms with Gasteiger partial charge in [0.05, 0.1) is 6.54 Å². The first-order valence-electron chi connectivity index (χ1n) is 5.94. The van der Waals surface area contributed by atoms with E-state index in [0.29, 0.717) is 0 Å². The van der Waals surface area contributed by atoms with E-state index in [1.165, 1.54) is 7.11 Å². The van der Waals surface area contributed by atoms with E-state index in [1.807, 2.05) is 30.3 Å². The van der Waals surface area contributed by atoms with E-state index in [-0.39, 0.29) is 24.2 Å². The van der Waals surface area contributed by atoms with Crippen LogP contribution in [0.5, 0.6) is 0 Å². The Bertz CT molecular complexity index is 401. The Morgan fingerprint density at radius 3 is 2.33 bits per heavy atom. The van der Waals surface area contributed by atoms with Crippen LogP contribution in [0.25, 0.3) is 0 Å². The van der Waals surface area contributed by atoms with Crippen LogP contribution in [0, 0.1) is 5.92 Å². The van der Waals surface area contributed by atoms with Crippen molar-refractivity contribution in [3.05, 3.63) is 35.9 Å². The number of rotatable bonds is 6. The molecule has 0 aliphatic rings. The van der Waals surface area contributed by atoms with Crippen molar-refractivity contribution < 1.29 is 14.3 Å². The monoisotopic (exact) mass is 249 g/mol. The molecule has 0 saturated carbocycles. The van der Waals surface area contributed by atoms with Crippen LogP contribution in [-0.2, 0) is 14.3 Å². The van der Waals surface area contributed by atoms with Gasteiger partial charge in [-0.2, -0.15) is 0 Å². The summed E-state index contributed by atoms with van der Waals surface area (Å²) in [5, 5.41) is 2.60. The van der Waals surface area contributed by atoms with Crippen molar-refractivity contribution in [3.63, 3.8) is 0 Å². The van der Waals surface area contributed by atoms with Gasteiger partial charge in [-0.3, -0.25) is 9.59 Å². The van der Waals surface area contributed by atoms with Gasteiger partial charge in [0.2, 0.25) is 0 Å². The van der Waals surface area contributed by atoms with E-state index in [2.05, 4.69) is 5.32 Å². The first kappa shape index (κ1) is 14.4. The molecule has 0 aromatic heterocycles. The topological polar surface area (TPSA) is 55.4 Å². The maximum absolute atomic E-state index is 11.9. The molecule has 1 N–H and O–H groups in total. The highest BCUT2D eigenvalue weighted by molar-refractivity contribution is 5.89. The predicted octanol–water partition coefficient (Wildman–Crippen LogP) is 1.72. The number of hydrogen-bond acceptors (Lipinski definition) is 3. The number of hydrogen-bond donors (Lipinski definition) is 1. The third kappa shape index (κ3) is 3.96. The van der Waals surface area contributed by atoms with E-state index in [0.717, 1.165) is 5.56 Å². The molecule has 4 nitrogen and oxygen atoms in total. The lowest BCUT2D eigenvalue weighted by Crippen LogP contribution is -2.35. The second kappa shape index (κ2) is 6.91. The molecule has 0 bridgehead atoms. The van der Waals surface area contributed by atoms with Crippen molar-refractivity contribution in [1.29, 1.82) is 0 Å². The van der Waals surface area contributed by atoms with E-state index in [1.54, 1.807) is 13.8 Å². The average Bonchev–Trinajstić information content (AvgIpc) is 2.38. The Morgan fingerprint density at radius 2 is 1.83 bits per heavy atom. The van der Waals surface area contributed by atoms with E-state index in [4.69, 9.17) is 4.74 Å². The van der Waals surface area contributed by atoms with Gasteiger partial charge in [-0.25, -0.2) is 0 Å². The van der Waals surface area contributed by atoms with Gasteiger partial charge in [0.15, 0.2) is 11.9 Å². The summed E-state index contributed by atoms with van der Waals surface area (Å²) in [7, 11) is 1.47. The highest BCUT2D eigenvalue weighted by Gasteiger charge is 2.20. The number of amides is 1. The number of benzene rings is 1. The van der Waals surface area contributed by atoms with Crippen LogP contribution in [-0.4, -0.2) is 25.3 Å². The number of nitrogens with one attached hydrogen (secondary N) is 1. The molecule has 1 aromatic rings. The van der Waals surface area contributed by atoms with Gasteiger partial charge in [0, 0.05) is 13.0 Å². The number of methoxy groups -OCH3 is 1. The van der Waals surface area contributed by atoms with Gasteiger partial charge in [0.25, 0.3) is 5.91 Å². The lowest BCUT2D eigenvalue weighted by atomic mass is 10.1. The van der Waals surface area contributed by atoms with Crippen LogP contribution in [0.1, 0.15) is 25.5 Å². The minimum atomic E-state index is -0.675. The van der Waals surface area contributed by atoms with E-state index < -0.39 is 6.10 Å². The summed E-state index contributed by atoms with van der Waals surface area (Å²) in [6.07, 6.45) is -0.675.